The summed E-state index contributed by atoms with van der Waals surface area (Å²) in [5.41, 5.74) is -0.852. The summed E-state index contributed by atoms with van der Waals surface area (Å²) in [5.74, 6) is -1.37. The molecule has 1 aromatic heterocycles. The minimum atomic E-state index is -2.93. The third kappa shape index (κ3) is 2.80. The first-order valence-corrected chi connectivity index (χ1v) is 4.61. The van der Waals surface area contributed by atoms with Crippen LogP contribution in [-0.4, -0.2) is 30.3 Å². The Labute approximate surface area is 96.0 Å². The lowest BCUT2D eigenvalue weighted by Crippen LogP contribution is -2.08. The summed E-state index contributed by atoms with van der Waals surface area (Å²) < 4.78 is 34.2. The van der Waals surface area contributed by atoms with Crippen LogP contribution in [0.4, 0.5) is 8.78 Å². The van der Waals surface area contributed by atoms with Crippen molar-refractivity contribution >= 4 is 5.97 Å². The number of halogens is 2. The molecule has 0 spiro atoms. The zero-order chi connectivity index (χ0) is 13.0. The number of carbonyl (C=O) groups excluding carboxylic acids is 1. The predicted molar refractivity (Wildman–Crippen MR) is 53.1 cm³/mol. The molecule has 0 aliphatic heterocycles. The molecular weight excluding hydrogens is 236 g/mol. The first-order chi connectivity index (χ1) is 8.01. The summed E-state index contributed by atoms with van der Waals surface area (Å²) in [6.07, 6.45) is -2.27. The molecule has 0 aliphatic carbocycles. The molecule has 0 atom stereocenters. The van der Waals surface area contributed by atoms with Crippen molar-refractivity contribution in [2.24, 2.45) is 0 Å². The van der Waals surface area contributed by atoms with Gasteiger partial charge in [0, 0.05) is 0 Å². The lowest BCUT2D eigenvalue weighted by Gasteiger charge is -2.11. The summed E-state index contributed by atoms with van der Waals surface area (Å²) in [5, 5.41) is 9.59. The third-order valence-electron chi connectivity index (χ3n) is 2.12. The minimum Gasteiger partial charge on any atom is -0.505 e. The Balaban J connectivity index is 3.22. The Bertz CT molecular complexity index is 423. The molecule has 0 bridgehead atoms. The number of methoxy groups -OCH3 is 2. The molecule has 1 heterocycles. The lowest BCUT2D eigenvalue weighted by molar-refractivity contribution is -0.139. The van der Waals surface area contributed by atoms with Crippen LogP contribution in [0.1, 0.15) is 17.7 Å². The first-order valence-electron chi connectivity index (χ1n) is 4.61. The molecule has 0 fully saturated rings. The monoisotopic (exact) mass is 247 g/mol. The van der Waals surface area contributed by atoms with E-state index in [2.05, 4.69) is 9.72 Å². The number of nitrogens with zero attached hydrogens (tertiary/aromatic N) is 1. The molecule has 1 aromatic rings. The average Bonchev–Trinajstić information content (AvgIpc) is 2.30. The topological polar surface area (TPSA) is 68.7 Å². The van der Waals surface area contributed by atoms with Crippen LogP contribution in [0.5, 0.6) is 11.5 Å². The molecule has 17 heavy (non-hydrogen) atoms. The molecule has 0 unspecified atom stereocenters. The maximum atomic E-state index is 12.5. The molecule has 5 nitrogen and oxygen atoms in total. The van der Waals surface area contributed by atoms with Gasteiger partial charge in [0.1, 0.15) is 17.2 Å². The van der Waals surface area contributed by atoms with Crippen LogP contribution in [0.15, 0.2) is 6.20 Å². The van der Waals surface area contributed by atoms with E-state index in [1.165, 1.54) is 7.11 Å². The Morgan fingerprint density at radius 1 is 1.53 bits per heavy atom. The Morgan fingerprint density at radius 3 is 2.65 bits per heavy atom. The fourth-order valence-corrected chi connectivity index (χ4v) is 1.26. The zero-order valence-corrected chi connectivity index (χ0v) is 9.24. The summed E-state index contributed by atoms with van der Waals surface area (Å²) in [6.45, 7) is 0. The van der Waals surface area contributed by atoms with Crippen molar-refractivity contribution in [1.29, 1.82) is 0 Å². The van der Waals surface area contributed by atoms with Gasteiger partial charge in [-0.05, 0) is 0 Å². The molecule has 94 valence electrons. The molecule has 0 saturated carbocycles. The molecule has 0 aromatic carbocycles. The fraction of sp³-hybridized carbons (Fsp3) is 0.400. The van der Waals surface area contributed by atoms with Crippen LogP contribution in [0.2, 0.25) is 0 Å². The average molecular weight is 247 g/mol. The molecule has 0 saturated heterocycles. The van der Waals surface area contributed by atoms with Gasteiger partial charge in [0.2, 0.25) is 0 Å². The third-order valence-corrected chi connectivity index (χ3v) is 2.12. The highest BCUT2D eigenvalue weighted by Crippen LogP contribution is 2.34. The largest absolute Gasteiger partial charge is 0.505 e. The van der Waals surface area contributed by atoms with Gasteiger partial charge in [-0.2, -0.15) is 0 Å². The van der Waals surface area contributed by atoms with Gasteiger partial charge in [0.15, 0.2) is 0 Å². The van der Waals surface area contributed by atoms with E-state index >= 15 is 0 Å². The SMILES string of the molecule is COC(=O)Cc1c(OC)cnc(C(F)F)c1O. The maximum Gasteiger partial charge on any atom is 0.310 e. The van der Waals surface area contributed by atoms with Gasteiger partial charge >= 0.3 is 5.97 Å². The number of aromatic hydroxyl groups is 1. The Kier molecular flexibility index (Phi) is 4.19. The maximum absolute atomic E-state index is 12.5. The Morgan fingerprint density at radius 2 is 2.18 bits per heavy atom. The van der Waals surface area contributed by atoms with Crippen LogP contribution in [-0.2, 0) is 16.0 Å². The van der Waals surface area contributed by atoms with Crippen LogP contribution < -0.4 is 4.74 Å². The number of alkyl halides is 2. The van der Waals surface area contributed by atoms with Crippen molar-refractivity contribution in [2.45, 2.75) is 12.8 Å². The molecule has 0 radical (unpaired) electrons. The summed E-state index contributed by atoms with van der Waals surface area (Å²) in [4.78, 5) is 14.5. The van der Waals surface area contributed by atoms with E-state index in [1.807, 2.05) is 0 Å². The minimum absolute atomic E-state index is 0.0531. The number of esters is 1. The number of carbonyl (C=O) groups is 1. The van der Waals surface area contributed by atoms with Crippen LogP contribution >= 0.6 is 0 Å². The molecular formula is C10H11F2NO4. The summed E-state index contributed by atoms with van der Waals surface area (Å²) >= 11 is 0. The van der Waals surface area contributed by atoms with Crippen LogP contribution in [0, 0.1) is 0 Å². The number of hydrogen-bond donors (Lipinski definition) is 1. The lowest BCUT2D eigenvalue weighted by atomic mass is 10.1. The molecule has 0 amide bonds. The number of aromatic nitrogens is 1. The van der Waals surface area contributed by atoms with Gasteiger partial charge in [-0.1, -0.05) is 0 Å². The molecule has 1 N–H and O–H groups in total. The van der Waals surface area contributed by atoms with E-state index in [0.29, 0.717) is 0 Å². The summed E-state index contributed by atoms with van der Waals surface area (Å²) in [7, 11) is 2.43. The second-order valence-electron chi connectivity index (χ2n) is 3.09. The number of hydrogen-bond acceptors (Lipinski definition) is 5. The van der Waals surface area contributed by atoms with E-state index in [0.717, 1.165) is 13.3 Å². The van der Waals surface area contributed by atoms with Gasteiger partial charge < -0.3 is 14.6 Å². The Hall–Kier alpha value is -1.92. The van der Waals surface area contributed by atoms with E-state index < -0.39 is 23.8 Å². The highest BCUT2D eigenvalue weighted by molar-refractivity contribution is 5.74. The molecule has 7 heteroatoms. The quantitative estimate of drug-likeness (QED) is 0.815. The van der Waals surface area contributed by atoms with E-state index in [4.69, 9.17) is 4.74 Å². The number of ether oxygens (including phenoxy) is 2. The molecule has 1 rings (SSSR count). The predicted octanol–water partition coefficient (Wildman–Crippen LogP) is 1.45. The second kappa shape index (κ2) is 5.42. The van der Waals surface area contributed by atoms with Gasteiger partial charge in [-0.15, -0.1) is 0 Å². The van der Waals surface area contributed by atoms with Crippen molar-refractivity contribution in [1.82, 2.24) is 4.98 Å². The van der Waals surface area contributed by atoms with Crippen molar-refractivity contribution in [2.75, 3.05) is 14.2 Å². The van der Waals surface area contributed by atoms with Crippen molar-refractivity contribution in [3.63, 3.8) is 0 Å². The highest BCUT2D eigenvalue weighted by atomic mass is 19.3. The van der Waals surface area contributed by atoms with Crippen molar-refractivity contribution < 1.29 is 28.2 Å². The standard InChI is InChI=1S/C10H11F2NO4/c1-16-6-4-13-8(10(11)12)9(15)5(6)3-7(14)17-2/h4,10,15H,3H2,1-2H3. The van der Waals surface area contributed by atoms with Gasteiger partial charge in [0.25, 0.3) is 6.43 Å². The normalized spacial score (nSPS) is 10.4. The van der Waals surface area contributed by atoms with Gasteiger partial charge in [-0.25, -0.2) is 13.8 Å². The zero-order valence-electron chi connectivity index (χ0n) is 9.24. The smallest absolute Gasteiger partial charge is 0.310 e. The summed E-state index contributed by atoms with van der Waals surface area (Å²) in [6, 6.07) is 0. The highest BCUT2D eigenvalue weighted by Gasteiger charge is 2.22. The fourth-order valence-electron chi connectivity index (χ4n) is 1.26. The van der Waals surface area contributed by atoms with Crippen molar-refractivity contribution in [3.8, 4) is 11.5 Å². The van der Waals surface area contributed by atoms with E-state index in [1.54, 1.807) is 0 Å². The first kappa shape index (κ1) is 13.1. The van der Waals surface area contributed by atoms with E-state index in [9.17, 15) is 18.7 Å². The number of rotatable bonds is 4. The van der Waals surface area contributed by atoms with Gasteiger partial charge in [0.05, 0.1) is 32.4 Å². The second-order valence-corrected chi connectivity index (χ2v) is 3.09. The van der Waals surface area contributed by atoms with E-state index in [-0.39, 0.29) is 17.7 Å². The molecule has 0 aliphatic rings. The number of pyridine rings is 1. The van der Waals surface area contributed by atoms with Crippen molar-refractivity contribution in [3.05, 3.63) is 17.5 Å². The van der Waals surface area contributed by atoms with Crippen LogP contribution in [0.25, 0.3) is 0 Å². The van der Waals surface area contributed by atoms with Gasteiger partial charge in [-0.3, -0.25) is 4.79 Å². The van der Waals surface area contributed by atoms with Crippen LogP contribution in [0.3, 0.4) is 0 Å².